The maximum atomic E-state index is 13.9. The molecule has 13 heteroatoms. The lowest BCUT2D eigenvalue weighted by Crippen LogP contribution is -2.35. The minimum Gasteiger partial charge on any atom is -0.481 e. The number of carbonyl (C=O) groups is 4. The Bertz CT molecular complexity index is 1700. The number of aliphatic carboxylic acids is 1. The Morgan fingerprint density at radius 1 is 0.889 bits per heavy atom. The van der Waals surface area contributed by atoms with Gasteiger partial charge >= 0.3 is 5.97 Å². The van der Waals surface area contributed by atoms with Gasteiger partial charge in [0.1, 0.15) is 0 Å². The summed E-state index contributed by atoms with van der Waals surface area (Å²) in [7, 11) is 0. The van der Waals surface area contributed by atoms with Gasteiger partial charge in [-0.05, 0) is 66.4 Å². The topological polar surface area (TPSA) is 132 Å². The van der Waals surface area contributed by atoms with E-state index in [1.807, 2.05) is 4.90 Å². The van der Waals surface area contributed by atoms with Crippen LogP contribution in [-0.4, -0.2) is 64.9 Å². The zero-order valence-electron chi connectivity index (χ0n) is 23.9. The van der Waals surface area contributed by atoms with E-state index in [1.165, 1.54) is 23.6 Å². The van der Waals surface area contributed by atoms with Crippen LogP contribution in [0.1, 0.15) is 54.8 Å². The summed E-state index contributed by atoms with van der Waals surface area (Å²) in [4.78, 5) is 59.5. The quantitative estimate of drug-likeness (QED) is 0.237. The third-order valence-corrected chi connectivity index (χ3v) is 8.28. The molecule has 2 aromatic heterocycles. The smallest absolute Gasteiger partial charge is 0.305 e. The molecule has 2 aromatic carbocycles. The van der Waals surface area contributed by atoms with Gasteiger partial charge in [0.25, 0.3) is 17.7 Å². The van der Waals surface area contributed by atoms with Crippen LogP contribution in [0.15, 0.2) is 78.4 Å². The fourth-order valence-corrected chi connectivity index (χ4v) is 5.82. The lowest BCUT2D eigenvalue weighted by atomic mass is 10.1. The molecule has 232 valence electrons. The van der Waals surface area contributed by atoms with E-state index in [-0.39, 0.29) is 29.1 Å². The van der Waals surface area contributed by atoms with E-state index >= 15 is 0 Å². The summed E-state index contributed by atoms with van der Waals surface area (Å²) < 4.78 is 27.5. The first-order valence-electron chi connectivity index (χ1n) is 14.1. The molecule has 3 heterocycles. The highest BCUT2D eigenvalue weighted by Gasteiger charge is 2.25. The maximum absolute atomic E-state index is 13.9. The van der Waals surface area contributed by atoms with Gasteiger partial charge in [0.2, 0.25) is 0 Å². The summed E-state index contributed by atoms with van der Waals surface area (Å²) in [6.45, 7) is 1.80. The van der Waals surface area contributed by atoms with Gasteiger partial charge in [0.05, 0.1) is 29.4 Å². The number of carboxylic acids is 1. The number of nitrogens with one attached hydrogen (secondary N) is 2. The first kappa shape index (κ1) is 31.3. The van der Waals surface area contributed by atoms with Gasteiger partial charge in [-0.25, -0.2) is 8.78 Å². The van der Waals surface area contributed by atoms with Crippen LogP contribution in [0.25, 0.3) is 0 Å². The second-order valence-corrected chi connectivity index (χ2v) is 11.3. The predicted octanol–water partition coefficient (Wildman–Crippen LogP) is 4.97. The van der Waals surface area contributed by atoms with E-state index in [1.54, 1.807) is 52.9 Å². The van der Waals surface area contributed by atoms with Gasteiger partial charge in [0.15, 0.2) is 11.6 Å². The van der Waals surface area contributed by atoms with Crippen molar-refractivity contribution in [2.24, 2.45) is 0 Å². The van der Waals surface area contributed by atoms with E-state index in [2.05, 4.69) is 15.6 Å². The Labute approximate surface area is 261 Å². The van der Waals surface area contributed by atoms with Crippen LogP contribution in [0.4, 0.5) is 20.2 Å². The Kier molecular flexibility index (Phi) is 9.78. The molecule has 45 heavy (non-hydrogen) atoms. The standard InChI is InChI=1S/C32H29F2N5O5S/c33-23-8-6-20(16-24(23)34)30(42)36-25-17-21(31(43)37-26(18-29(40)41)28-5-2-15-45-28)7-9-27(25)38-11-3-12-39(14-13-38)32(44)22-4-1-10-35-19-22/h1-2,4-10,15-17,19,26H,3,11-14,18H2,(H,36,42)(H,37,43)(H,40,41). The number of carbonyl (C=O) groups excluding carboxylic acids is 3. The van der Waals surface area contributed by atoms with Gasteiger partial charge < -0.3 is 25.5 Å². The van der Waals surface area contributed by atoms with E-state index in [0.717, 1.165) is 18.2 Å². The molecule has 10 nitrogen and oxygen atoms in total. The van der Waals surface area contributed by atoms with Gasteiger partial charge in [0, 0.05) is 54.6 Å². The SMILES string of the molecule is O=C(O)CC(NC(=O)c1ccc(N2CCCN(C(=O)c3cccnc3)CC2)c(NC(=O)c2ccc(F)c(F)c2)c1)c1cccs1. The van der Waals surface area contributed by atoms with Crippen molar-refractivity contribution in [1.29, 1.82) is 0 Å². The second-order valence-electron chi connectivity index (χ2n) is 10.3. The Balaban J connectivity index is 1.42. The largest absolute Gasteiger partial charge is 0.481 e. The number of carboxylic acid groups (broad SMARTS) is 1. The molecule has 0 aliphatic carbocycles. The molecule has 5 rings (SSSR count). The van der Waals surface area contributed by atoms with Crippen molar-refractivity contribution >= 4 is 46.4 Å². The second kappa shape index (κ2) is 14.1. The molecule has 1 fully saturated rings. The minimum atomic E-state index is -1.18. The number of hydrogen-bond donors (Lipinski definition) is 3. The van der Waals surface area contributed by atoms with Crippen molar-refractivity contribution in [2.45, 2.75) is 18.9 Å². The molecule has 1 atom stereocenters. The minimum absolute atomic E-state index is 0.127. The Morgan fingerprint density at radius 3 is 2.40 bits per heavy atom. The summed E-state index contributed by atoms with van der Waals surface area (Å²) in [5.41, 5.74) is 1.28. The summed E-state index contributed by atoms with van der Waals surface area (Å²) in [5.74, 6) is -4.79. The number of amides is 3. The average molecular weight is 634 g/mol. The highest BCUT2D eigenvalue weighted by molar-refractivity contribution is 7.10. The van der Waals surface area contributed by atoms with Gasteiger partial charge in [-0.2, -0.15) is 0 Å². The van der Waals surface area contributed by atoms with Crippen LogP contribution in [0, 0.1) is 11.6 Å². The summed E-state index contributed by atoms with van der Waals surface area (Å²) in [5, 5.41) is 16.7. The van der Waals surface area contributed by atoms with Crippen LogP contribution in [0.2, 0.25) is 0 Å². The molecule has 0 spiro atoms. The lowest BCUT2D eigenvalue weighted by molar-refractivity contribution is -0.137. The number of nitrogens with zero attached hydrogens (tertiary/aromatic N) is 3. The van der Waals surface area contributed by atoms with Crippen molar-refractivity contribution < 1.29 is 33.1 Å². The van der Waals surface area contributed by atoms with Crippen molar-refractivity contribution in [1.82, 2.24) is 15.2 Å². The van der Waals surface area contributed by atoms with Crippen molar-refractivity contribution in [3.05, 3.63) is 112 Å². The molecular formula is C32H29F2N5O5S. The molecule has 3 amide bonds. The predicted molar refractivity (Wildman–Crippen MR) is 165 cm³/mol. The molecule has 0 radical (unpaired) electrons. The van der Waals surface area contributed by atoms with E-state index in [9.17, 15) is 33.1 Å². The fraction of sp³-hybridized carbons (Fsp3) is 0.219. The van der Waals surface area contributed by atoms with Crippen LogP contribution in [-0.2, 0) is 4.79 Å². The van der Waals surface area contributed by atoms with Crippen LogP contribution < -0.4 is 15.5 Å². The number of anilines is 2. The Hall–Kier alpha value is -5.17. The third kappa shape index (κ3) is 7.68. The summed E-state index contributed by atoms with van der Waals surface area (Å²) >= 11 is 1.31. The molecule has 0 bridgehead atoms. The number of thiophene rings is 1. The molecule has 0 saturated carbocycles. The molecule has 4 aromatic rings. The zero-order chi connectivity index (χ0) is 31.9. The number of halogens is 2. The van der Waals surface area contributed by atoms with Gasteiger partial charge in [-0.3, -0.25) is 24.2 Å². The molecule has 1 saturated heterocycles. The van der Waals surface area contributed by atoms with E-state index in [0.29, 0.717) is 48.7 Å². The number of benzene rings is 2. The van der Waals surface area contributed by atoms with Crippen LogP contribution >= 0.6 is 11.3 Å². The highest BCUT2D eigenvalue weighted by Crippen LogP contribution is 2.30. The monoisotopic (exact) mass is 633 g/mol. The molecule has 1 unspecified atom stereocenters. The molecule has 1 aliphatic rings. The third-order valence-electron chi connectivity index (χ3n) is 7.29. The van der Waals surface area contributed by atoms with Crippen molar-refractivity contribution in [3.8, 4) is 0 Å². The number of rotatable bonds is 9. The van der Waals surface area contributed by atoms with Crippen LogP contribution in [0.3, 0.4) is 0 Å². The van der Waals surface area contributed by atoms with Gasteiger partial charge in [-0.1, -0.05) is 6.07 Å². The first-order chi connectivity index (χ1) is 21.7. The van der Waals surface area contributed by atoms with Crippen LogP contribution in [0.5, 0.6) is 0 Å². The highest BCUT2D eigenvalue weighted by atomic mass is 32.1. The van der Waals surface area contributed by atoms with Crippen molar-refractivity contribution in [3.63, 3.8) is 0 Å². The summed E-state index contributed by atoms with van der Waals surface area (Å²) in [6, 6.07) is 13.6. The number of aromatic nitrogens is 1. The van der Waals surface area contributed by atoms with E-state index < -0.39 is 35.5 Å². The normalized spacial score (nSPS) is 13.9. The molecule has 1 aliphatic heterocycles. The fourth-order valence-electron chi connectivity index (χ4n) is 5.05. The number of pyridine rings is 1. The lowest BCUT2D eigenvalue weighted by Gasteiger charge is -2.26. The van der Waals surface area contributed by atoms with Crippen molar-refractivity contribution in [2.75, 3.05) is 36.4 Å². The molecular weight excluding hydrogens is 604 g/mol. The summed E-state index contributed by atoms with van der Waals surface area (Å²) in [6.07, 6.45) is 3.39. The van der Waals surface area contributed by atoms with Gasteiger partial charge in [-0.15, -0.1) is 11.3 Å². The maximum Gasteiger partial charge on any atom is 0.305 e. The zero-order valence-corrected chi connectivity index (χ0v) is 24.7. The Morgan fingerprint density at radius 2 is 1.69 bits per heavy atom. The number of hydrogen-bond acceptors (Lipinski definition) is 7. The average Bonchev–Trinajstić information content (AvgIpc) is 3.47. The molecule has 3 N–H and O–H groups in total. The first-order valence-corrected chi connectivity index (χ1v) is 15.0. The van der Waals surface area contributed by atoms with E-state index in [4.69, 9.17) is 0 Å².